The number of rotatable bonds is 5. The highest BCUT2D eigenvalue weighted by molar-refractivity contribution is 5.97. The Morgan fingerprint density at radius 3 is 2.67 bits per heavy atom. The van der Waals surface area contributed by atoms with E-state index in [1.54, 1.807) is 23.1 Å². The predicted molar refractivity (Wildman–Crippen MR) is 70.7 cm³/mol. The standard InChI is InChI=1S/C13H20N2O3/c1-9(2)15(6-7-16)13(17)11-5-4-10(14)8-12(11)18-3/h4-5,8-9,16H,6-7,14H2,1-3H3. The molecule has 1 amide bonds. The number of aliphatic hydroxyl groups excluding tert-OH is 1. The Morgan fingerprint density at radius 1 is 1.50 bits per heavy atom. The van der Waals surface area contributed by atoms with E-state index in [-0.39, 0.29) is 18.6 Å². The lowest BCUT2D eigenvalue weighted by Gasteiger charge is -2.26. The van der Waals surface area contributed by atoms with Crippen molar-refractivity contribution in [1.82, 2.24) is 4.90 Å². The second-order valence-corrected chi connectivity index (χ2v) is 4.28. The molecule has 0 saturated heterocycles. The molecule has 1 aromatic carbocycles. The first-order chi connectivity index (χ1) is 8.51. The summed E-state index contributed by atoms with van der Waals surface area (Å²) in [4.78, 5) is 14.0. The average molecular weight is 252 g/mol. The quantitative estimate of drug-likeness (QED) is 0.770. The summed E-state index contributed by atoms with van der Waals surface area (Å²) in [5, 5.41) is 9.01. The van der Waals surface area contributed by atoms with Crippen LogP contribution in [0.25, 0.3) is 0 Å². The van der Waals surface area contributed by atoms with Crippen LogP contribution in [-0.4, -0.2) is 42.2 Å². The minimum atomic E-state index is -0.170. The molecule has 100 valence electrons. The van der Waals surface area contributed by atoms with Crippen LogP contribution in [-0.2, 0) is 0 Å². The summed E-state index contributed by atoms with van der Waals surface area (Å²) >= 11 is 0. The van der Waals surface area contributed by atoms with Crippen LogP contribution < -0.4 is 10.5 Å². The Kier molecular flexibility index (Phi) is 4.97. The number of carbonyl (C=O) groups excluding carboxylic acids is 1. The van der Waals surface area contributed by atoms with Gasteiger partial charge in [-0.25, -0.2) is 0 Å². The summed E-state index contributed by atoms with van der Waals surface area (Å²) in [6.07, 6.45) is 0. The summed E-state index contributed by atoms with van der Waals surface area (Å²) in [6.45, 7) is 4.03. The van der Waals surface area contributed by atoms with Crippen LogP contribution in [0.3, 0.4) is 0 Å². The highest BCUT2D eigenvalue weighted by Crippen LogP contribution is 2.23. The molecular weight excluding hydrogens is 232 g/mol. The monoisotopic (exact) mass is 252 g/mol. The van der Waals surface area contributed by atoms with Crippen molar-refractivity contribution >= 4 is 11.6 Å². The maximum absolute atomic E-state index is 12.4. The van der Waals surface area contributed by atoms with Gasteiger partial charge in [0.2, 0.25) is 0 Å². The van der Waals surface area contributed by atoms with E-state index in [2.05, 4.69) is 0 Å². The molecule has 1 aromatic rings. The number of nitrogen functional groups attached to an aromatic ring is 1. The van der Waals surface area contributed by atoms with Crippen molar-refractivity contribution in [2.24, 2.45) is 0 Å². The fourth-order valence-electron chi connectivity index (χ4n) is 1.74. The molecule has 0 aromatic heterocycles. The fourth-order valence-corrected chi connectivity index (χ4v) is 1.74. The van der Waals surface area contributed by atoms with Gasteiger partial charge < -0.3 is 20.5 Å². The molecule has 0 aliphatic heterocycles. The van der Waals surface area contributed by atoms with Gasteiger partial charge in [0.1, 0.15) is 5.75 Å². The number of carbonyl (C=O) groups is 1. The molecule has 5 nitrogen and oxygen atoms in total. The van der Waals surface area contributed by atoms with Crippen molar-refractivity contribution in [3.8, 4) is 5.75 Å². The predicted octanol–water partition coefficient (Wildman–Crippen LogP) is 1.12. The third-order valence-electron chi connectivity index (χ3n) is 2.68. The zero-order chi connectivity index (χ0) is 13.7. The van der Waals surface area contributed by atoms with Crippen LogP contribution in [0.2, 0.25) is 0 Å². The Morgan fingerprint density at radius 2 is 2.17 bits per heavy atom. The highest BCUT2D eigenvalue weighted by Gasteiger charge is 2.21. The molecule has 3 N–H and O–H groups in total. The van der Waals surface area contributed by atoms with Crippen molar-refractivity contribution in [2.45, 2.75) is 19.9 Å². The van der Waals surface area contributed by atoms with Gasteiger partial charge in [-0.15, -0.1) is 0 Å². The first-order valence-corrected chi connectivity index (χ1v) is 5.86. The van der Waals surface area contributed by atoms with E-state index in [4.69, 9.17) is 15.6 Å². The number of benzene rings is 1. The zero-order valence-electron chi connectivity index (χ0n) is 11.0. The minimum Gasteiger partial charge on any atom is -0.496 e. The van der Waals surface area contributed by atoms with E-state index >= 15 is 0 Å². The average Bonchev–Trinajstić information content (AvgIpc) is 2.34. The largest absolute Gasteiger partial charge is 0.496 e. The molecular formula is C13H20N2O3. The first kappa shape index (κ1) is 14.3. The summed E-state index contributed by atoms with van der Waals surface area (Å²) in [6, 6.07) is 4.92. The van der Waals surface area contributed by atoms with Gasteiger partial charge in [-0.05, 0) is 26.0 Å². The van der Waals surface area contributed by atoms with E-state index < -0.39 is 0 Å². The lowest BCUT2D eigenvalue weighted by atomic mass is 10.1. The molecule has 0 atom stereocenters. The molecule has 0 saturated carbocycles. The maximum Gasteiger partial charge on any atom is 0.257 e. The molecule has 0 heterocycles. The van der Waals surface area contributed by atoms with E-state index in [9.17, 15) is 4.79 Å². The first-order valence-electron chi connectivity index (χ1n) is 5.86. The molecule has 18 heavy (non-hydrogen) atoms. The van der Waals surface area contributed by atoms with E-state index in [1.807, 2.05) is 13.8 Å². The van der Waals surface area contributed by atoms with Crippen molar-refractivity contribution in [3.05, 3.63) is 23.8 Å². The number of hydrogen-bond acceptors (Lipinski definition) is 4. The molecule has 0 radical (unpaired) electrons. The summed E-state index contributed by atoms with van der Waals surface area (Å²) < 4.78 is 5.17. The smallest absolute Gasteiger partial charge is 0.257 e. The molecule has 1 rings (SSSR count). The Hall–Kier alpha value is -1.75. The van der Waals surface area contributed by atoms with Crippen LogP contribution in [0.15, 0.2) is 18.2 Å². The molecule has 0 bridgehead atoms. The van der Waals surface area contributed by atoms with Gasteiger partial charge in [0.05, 0.1) is 19.3 Å². The van der Waals surface area contributed by atoms with Crippen LogP contribution in [0.1, 0.15) is 24.2 Å². The van der Waals surface area contributed by atoms with Crippen LogP contribution in [0.4, 0.5) is 5.69 Å². The second kappa shape index (κ2) is 6.26. The molecule has 5 heteroatoms. The van der Waals surface area contributed by atoms with E-state index in [1.165, 1.54) is 7.11 Å². The van der Waals surface area contributed by atoms with E-state index in [0.29, 0.717) is 23.5 Å². The summed E-state index contributed by atoms with van der Waals surface area (Å²) in [5.74, 6) is 0.277. The number of anilines is 1. The van der Waals surface area contributed by atoms with Gasteiger partial charge >= 0.3 is 0 Å². The Balaban J connectivity index is 3.08. The number of hydrogen-bond donors (Lipinski definition) is 2. The van der Waals surface area contributed by atoms with Gasteiger partial charge in [-0.2, -0.15) is 0 Å². The number of amides is 1. The molecule has 0 spiro atoms. The molecule has 0 aliphatic rings. The van der Waals surface area contributed by atoms with Crippen LogP contribution in [0.5, 0.6) is 5.75 Å². The summed E-state index contributed by atoms with van der Waals surface area (Å²) in [5.41, 5.74) is 6.65. The second-order valence-electron chi connectivity index (χ2n) is 4.28. The van der Waals surface area contributed by atoms with Gasteiger partial charge in [-0.3, -0.25) is 4.79 Å². The number of aliphatic hydroxyl groups is 1. The number of nitrogens with zero attached hydrogens (tertiary/aromatic N) is 1. The lowest BCUT2D eigenvalue weighted by Crippen LogP contribution is -2.39. The number of ether oxygens (including phenoxy) is 1. The molecule has 0 unspecified atom stereocenters. The van der Waals surface area contributed by atoms with Gasteiger partial charge in [0.25, 0.3) is 5.91 Å². The topological polar surface area (TPSA) is 75.8 Å². The lowest BCUT2D eigenvalue weighted by molar-refractivity contribution is 0.0662. The van der Waals surface area contributed by atoms with Gasteiger partial charge in [-0.1, -0.05) is 0 Å². The van der Waals surface area contributed by atoms with Crippen molar-refractivity contribution in [3.63, 3.8) is 0 Å². The van der Waals surface area contributed by atoms with Crippen LogP contribution >= 0.6 is 0 Å². The third kappa shape index (κ3) is 3.13. The Bertz CT molecular complexity index is 419. The zero-order valence-corrected chi connectivity index (χ0v) is 11.0. The van der Waals surface area contributed by atoms with E-state index in [0.717, 1.165) is 0 Å². The SMILES string of the molecule is COc1cc(N)ccc1C(=O)N(CCO)C(C)C. The maximum atomic E-state index is 12.4. The highest BCUT2D eigenvalue weighted by atomic mass is 16.5. The van der Waals surface area contributed by atoms with Gasteiger partial charge in [0.15, 0.2) is 0 Å². The number of methoxy groups -OCH3 is 1. The van der Waals surface area contributed by atoms with Crippen molar-refractivity contribution in [2.75, 3.05) is 26.0 Å². The van der Waals surface area contributed by atoms with Crippen molar-refractivity contribution in [1.29, 1.82) is 0 Å². The third-order valence-corrected chi connectivity index (χ3v) is 2.68. The molecule has 0 fully saturated rings. The summed E-state index contributed by atoms with van der Waals surface area (Å²) in [7, 11) is 1.50. The van der Waals surface area contributed by atoms with Gasteiger partial charge in [0, 0.05) is 24.3 Å². The minimum absolute atomic E-state index is 0.00640. The molecule has 0 aliphatic carbocycles. The normalized spacial score (nSPS) is 10.5. The van der Waals surface area contributed by atoms with Crippen LogP contribution in [0, 0.1) is 0 Å². The fraction of sp³-hybridized carbons (Fsp3) is 0.462. The Labute approximate surface area is 107 Å². The number of nitrogens with two attached hydrogens (primary N) is 1. The van der Waals surface area contributed by atoms with Crippen molar-refractivity contribution < 1.29 is 14.6 Å².